The fourth-order valence-corrected chi connectivity index (χ4v) is 4.13. The van der Waals surface area contributed by atoms with Crippen LogP contribution >= 0.6 is 0 Å². The lowest BCUT2D eigenvalue weighted by atomic mass is 9.88. The van der Waals surface area contributed by atoms with Crippen LogP contribution in [0.25, 0.3) is 0 Å². The van der Waals surface area contributed by atoms with Gasteiger partial charge in [0.15, 0.2) is 6.10 Å². The molecule has 2 aromatic rings. The Balaban J connectivity index is 1.56. The van der Waals surface area contributed by atoms with E-state index in [2.05, 4.69) is 24.4 Å². The number of piperidine rings is 1. The van der Waals surface area contributed by atoms with Crippen LogP contribution in [0, 0.1) is 0 Å². The summed E-state index contributed by atoms with van der Waals surface area (Å²) >= 11 is 0. The van der Waals surface area contributed by atoms with Crippen LogP contribution in [0.1, 0.15) is 32.5 Å². The van der Waals surface area contributed by atoms with Crippen LogP contribution in [0.15, 0.2) is 30.9 Å². The summed E-state index contributed by atoms with van der Waals surface area (Å²) in [6.07, 6.45) is 8.32. The summed E-state index contributed by atoms with van der Waals surface area (Å²) in [5.41, 5.74) is -0.527. The number of carbonyl (C=O) groups is 1. The molecule has 4 rings (SSSR count). The van der Waals surface area contributed by atoms with Crippen LogP contribution < -0.4 is 4.90 Å². The van der Waals surface area contributed by atoms with E-state index in [1.807, 2.05) is 31.0 Å². The number of imidazole rings is 1. The molecule has 2 aliphatic rings. The van der Waals surface area contributed by atoms with Gasteiger partial charge in [0.25, 0.3) is 5.91 Å². The summed E-state index contributed by atoms with van der Waals surface area (Å²) in [6.45, 7) is 7.45. The number of amides is 1. The predicted octanol–water partition coefficient (Wildman–Crippen LogP) is 1.44. The van der Waals surface area contributed by atoms with Crippen molar-refractivity contribution in [1.82, 2.24) is 24.4 Å². The largest absolute Gasteiger partial charge is 0.352 e. The van der Waals surface area contributed by atoms with E-state index < -0.39 is 11.7 Å². The van der Waals surface area contributed by atoms with Crippen LogP contribution in [0.2, 0.25) is 0 Å². The van der Waals surface area contributed by atoms with Gasteiger partial charge in [0, 0.05) is 63.8 Å². The van der Waals surface area contributed by atoms with Crippen LogP contribution in [0.4, 0.5) is 5.95 Å². The average molecular weight is 370 g/mol. The molecule has 27 heavy (non-hydrogen) atoms. The molecule has 8 heteroatoms. The molecular weight excluding hydrogens is 344 g/mol. The highest BCUT2D eigenvalue weighted by molar-refractivity contribution is 5.81. The van der Waals surface area contributed by atoms with Gasteiger partial charge in [-0.25, -0.2) is 15.0 Å². The SMILES string of the molecule is CCN(CC)C(=O)[C@@H]1Cn2ccnc2C2(CCN(c3ncccn3)CC2)O1. The lowest BCUT2D eigenvalue weighted by Gasteiger charge is -2.46. The van der Waals surface area contributed by atoms with E-state index in [0.29, 0.717) is 19.6 Å². The zero-order chi connectivity index (χ0) is 18.9. The van der Waals surface area contributed by atoms with Crippen molar-refractivity contribution in [3.63, 3.8) is 0 Å². The van der Waals surface area contributed by atoms with Gasteiger partial charge in [0.2, 0.25) is 5.95 Å². The van der Waals surface area contributed by atoms with Crippen molar-refractivity contribution in [3.05, 3.63) is 36.7 Å². The first-order chi connectivity index (χ1) is 13.2. The fraction of sp³-hybridized carbons (Fsp3) is 0.579. The summed E-state index contributed by atoms with van der Waals surface area (Å²) in [5.74, 6) is 1.73. The van der Waals surface area contributed by atoms with Crippen LogP contribution in [-0.4, -0.2) is 62.6 Å². The third-order valence-electron chi connectivity index (χ3n) is 5.61. The molecule has 0 saturated carbocycles. The van der Waals surface area contributed by atoms with Gasteiger partial charge in [-0.3, -0.25) is 4.79 Å². The molecule has 8 nitrogen and oxygen atoms in total. The van der Waals surface area contributed by atoms with E-state index in [9.17, 15) is 4.79 Å². The smallest absolute Gasteiger partial charge is 0.253 e. The second kappa shape index (κ2) is 7.26. The van der Waals surface area contributed by atoms with Crippen LogP contribution in [-0.2, 0) is 21.7 Å². The highest BCUT2D eigenvalue weighted by Crippen LogP contribution is 2.40. The Labute approximate surface area is 159 Å². The van der Waals surface area contributed by atoms with Gasteiger partial charge in [0.05, 0.1) is 6.54 Å². The highest BCUT2D eigenvalue weighted by atomic mass is 16.5. The average Bonchev–Trinajstić information content (AvgIpc) is 3.20. The maximum atomic E-state index is 12.9. The molecule has 0 bridgehead atoms. The zero-order valence-electron chi connectivity index (χ0n) is 15.9. The highest BCUT2D eigenvalue weighted by Gasteiger charge is 2.47. The second-order valence-corrected chi connectivity index (χ2v) is 7.05. The summed E-state index contributed by atoms with van der Waals surface area (Å²) < 4.78 is 8.58. The molecule has 1 fully saturated rings. The van der Waals surface area contributed by atoms with Gasteiger partial charge in [-0.05, 0) is 19.9 Å². The molecule has 2 aliphatic heterocycles. The van der Waals surface area contributed by atoms with Gasteiger partial charge in [0.1, 0.15) is 11.4 Å². The summed E-state index contributed by atoms with van der Waals surface area (Å²) in [7, 11) is 0. The number of fused-ring (bicyclic) bond motifs is 2. The standard InChI is InChI=1S/C19H26N6O2/c1-3-23(4-2)16(26)15-14-25-13-10-20-17(25)19(27-15)6-11-24(12-7-19)18-21-8-5-9-22-18/h5,8-10,13,15H,3-4,6-7,11-12,14H2,1-2H3/t15-/m0/s1. The van der Waals surface area contributed by atoms with E-state index in [1.165, 1.54) is 0 Å². The first-order valence-corrected chi connectivity index (χ1v) is 9.67. The minimum absolute atomic E-state index is 0.0625. The quantitative estimate of drug-likeness (QED) is 0.811. The minimum Gasteiger partial charge on any atom is -0.352 e. The number of carbonyl (C=O) groups excluding carboxylic acids is 1. The van der Waals surface area contributed by atoms with Crippen molar-refractivity contribution in [2.45, 2.75) is 44.9 Å². The van der Waals surface area contributed by atoms with E-state index in [1.54, 1.807) is 18.6 Å². The predicted molar refractivity (Wildman–Crippen MR) is 100 cm³/mol. The van der Waals surface area contributed by atoms with Crippen molar-refractivity contribution >= 4 is 11.9 Å². The number of nitrogens with zero attached hydrogens (tertiary/aromatic N) is 6. The first kappa shape index (κ1) is 17.9. The number of likely N-dealkylation sites (N-methyl/N-ethyl adjacent to an activating group) is 1. The molecule has 1 saturated heterocycles. The maximum Gasteiger partial charge on any atom is 0.253 e. The normalized spacial score (nSPS) is 21.1. The number of hydrogen-bond acceptors (Lipinski definition) is 6. The van der Waals surface area contributed by atoms with E-state index in [-0.39, 0.29) is 5.91 Å². The molecule has 0 aromatic carbocycles. The monoisotopic (exact) mass is 370 g/mol. The van der Waals surface area contributed by atoms with Gasteiger partial charge in [-0.1, -0.05) is 0 Å². The lowest BCUT2D eigenvalue weighted by molar-refractivity contribution is -0.175. The molecule has 0 unspecified atom stereocenters. The van der Waals surface area contributed by atoms with Crippen LogP contribution in [0.5, 0.6) is 0 Å². The topological polar surface area (TPSA) is 76.4 Å². The Morgan fingerprint density at radius 2 is 1.89 bits per heavy atom. The Bertz CT molecular complexity index is 781. The van der Waals surface area contributed by atoms with Gasteiger partial charge in [-0.15, -0.1) is 0 Å². The van der Waals surface area contributed by atoms with Crippen molar-refractivity contribution in [1.29, 1.82) is 0 Å². The second-order valence-electron chi connectivity index (χ2n) is 7.05. The Kier molecular flexibility index (Phi) is 4.82. The third-order valence-corrected chi connectivity index (χ3v) is 5.61. The molecule has 4 heterocycles. The van der Waals surface area contributed by atoms with Gasteiger partial charge in [-0.2, -0.15) is 0 Å². The number of ether oxygens (including phenoxy) is 1. The molecule has 0 radical (unpaired) electrons. The summed E-state index contributed by atoms with van der Waals surface area (Å²) in [4.78, 5) is 30.2. The Morgan fingerprint density at radius 3 is 2.56 bits per heavy atom. The minimum atomic E-state index is -0.527. The number of hydrogen-bond donors (Lipinski definition) is 0. The van der Waals surface area contributed by atoms with Crippen molar-refractivity contribution < 1.29 is 9.53 Å². The van der Waals surface area contributed by atoms with Crippen molar-refractivity contribution in [3.8, 4) is 0 Å². The summed E-state index contributed by atoms with van der Waals surface area (Å²) in [5, 5.41) is 0. The van der Waals surface area contributed by atoms with Crippen molar-refractivity contribution in [2.75, 3.05) is 31.1 Å². The molecular formula is C19H26N6O2. The Hall–Kier alpha value is -2.48. The molecule has 0 aliphatic carbocycles. The summed E-state index contributed by atoms with van der Waals surface area (Å²) in [6, 6.07) is 1.82. The molecule has 1 atom stereocenters. The van der Waals surface area contributed by atoms with Crippen LogP contribution in [0.3, 0.4) is 0 Å². The molecule has 0 N–H and O–H groups in total. The molecule has 1 amide bonds. The number of aromatic nitrogens is 4. The zero-order valence-corrected chi connectivity index (χ0v) is 15.9. The maximum absolute atomic E-state index is 12.9. The van der Waals surface area contributed by atoms with E-state index >= 15 is 0 Å². The van der Waals surface area contributed by atoms with E-state index in [0.717, 1.165) is 37.7 Å². The van der Waals surface area contributed by atoms with E-state index in [4.69, 9.17) is 4.74 Å². The van der Waals surface area contributed by atoms with Gasteiger partial charge >= 0.3 is 0 Å². The number of anilines is 1. The van der Waals surface area contributed by atoms with Gasteiger partial charge < -0.3 is 19.1 Å². The third kappa shape index (κ3) is 3.18. The lowest BCUT2D eigenvalue weighted by Crippen LogP contribution is -2.54. The molecule has 144 valence electrons. The van der Waals surface area contributed by atoms with Crippen molar-refractivity contribution in [2.24, 2.45) is 0 Å². The molecule has 1 spiro atoms. The Morgan fingerprint density at radius 1 is 1.19 bits per heavy atom. The first-order valence-electron chi connectivity index (χ1n) is 9.67. The molecule has 2 aromatic heterocycles. The number of rotatable bonds is 4. The fourth-order valence-electron chi connectivity index (χ4n) is 4.13.